The van der Waals surface area contributed by atoms with Gasteiger partial charge in [0.2, 0.25) is 0 Å². The fraction of sp³-hybridized carbons (Fsp3) is 0.294. The average molecular weight is 314 g/mol. The van der Waals surface area contributed by atoms with Crippen molar-refractivity contribution in [2.24, 2.45) is 5.73 Å². The zero-order valence-corrected chi connectivity index (χ0v) is 12.9. The molecule has 1 aromatic carbocycles. The standard InChI is InChI=1S/C17H19FN4O/c1-2-3-4-7-20-17-14-11-8-10(18)5-6-13(11)22-15(14)12(9-21-17)16(19)23/h5-6,8-9,22H,2-4,7H2,1H3,(H2,19,23)(H,20,21). The third-order valence-corrected chi connectivity index (χ3v) is 3.93. The van der Waals surface area contributed by atoms with Crippen molar-refractivity contribution >= 4 is 33.5 Å². The Morgan fingerprint density at radius 2 is 2.22 bits per heavy atom. The van der Waals surface area contributed by atoms with Crippen LogP contribution in [0, 0.1) is 5.82 Å². The van der Waals surface area contributed by atoms with Crippen LogP contribution in [0.25, 0.3) is 21.8 Å². The summed E-state index contributed by atoms with van der Waals surface area (Å²) in [6.07, 6.45) is 4.73. The van der Waals surface area contributed by atoms with Crippen molar-refractivity contribution < 1.29 is 9.18 Å². The molecular weight excluding hydrogens is 295 g/mol. The number of aromatic amines is 1. The van der Waals surface area contributed by atoms with Crippen molar-refractivity contribution in [3.05, 3.63) is 35.8 Å². The highest BCUT2D eigenvalue weighted by Crippen LogP contribution is 2.32. The molecule has 3 rings (SSSR count). The molecule has 2 aromatic heterocycles. The Labute approximate surface area is 133 Å². The van der Waals surface area contributed by atoms with Crippen LogP contribution in [0.1, 0.15) is 36.5 Å². The SMILES string of the molecule is CCCCCNc1ncc(C(N)=O)c2[nH]c3ccc(F)cc3c12. The quantitative estimate of drug-likeness (QED) is 0.608. The maximum absolute atomic E-state index is 13.6. The molecule has 0 fully saturated rings. The number of nitrogens with one attached hydrogen (secondary N) is 2. The van der Waals surface area contributed by atoms with Gasteiger partial charge in [-0.1, -0.05) is 19.8 Å². The van der Waals surface area contributed by atoms with Crippen LogP contribution >= 0.6 is 0 Å². The second kappa shape index (κ2) is 6.24. The smallest absolute Gasteiger partial charge is 0.252 e. The van der Waals surface area contributed by atoms with Gasteiger partial charge in [0.25, 0.3) is 5.91 Å². The van der Waals surface area contributed by atoms with Crippen molar-refractivity contribution in [3.8, 4) is 0 Å². The van der Waals surface area contributed by atoms with E-state index in [-0.39, 0.29) is 5.82 Å². The number of H-pyrrole nitrogens is 1. The Kier molecular flexibility index (Phi) is 4.14. The number of halogens is 1. The second-order valence-corrected chi connectivity index (χ2v) is 5.58. The zero-order valence-electron chi connectivity index (χ0n) is 12.9. The maximum Gasteiger partial charge on any atom is 0.252 e. The van der Waals surface area contributed by atoms with Crippen molar-refractivity contribution in [2.45, 2.75) is 26.2 Å². The Balaban J connectivity index is 2.16. The van der Waals surface area contributed by atoms with Gasteiger partial charge in [0.15, 0.2) is 0 Å². The Bertz CT molecular complexity index is 872. The molecule has 0 saturated heterocycles. The lowest BCUT2D eigenvalue weighted by Gasteiger charge is -2.08. The van der Waals surface area contributed by atoms with E-state index < -0.39 is 5.91 Å². The van der Waals surface area contributed by atoms with E-state index in [1.807, 2.05) is 0 Å². The number of nitrogens with two attached hydrogens (primary N) is 1. The summed E-state index contributed by atoms with van der Waals surface area (Å²) in [7, 11) is 0. The number of hydrogen-bond acceptors (Lipinski definition) is 3. The molecule has 0 aliphatic rings. The summed E-state index contributed by atoms with van der Waals surface area (Å²) >= 11 is 0. The molecule has 5 nitrogen and oxygen atoms in total. The molecule has 2 heterocycles. The van der Waals surface area contributed by atoms with Gasteiger partial charge in [0, 0.05) is 23.6 Å². The highest BCUT2D eigenvalue weighted by molar-refractivity contribution is 6.18. The van der Waals surface area contributed by atoms with Crippen LogP contribution in [0.2, 0.25) is 0 Å². The van der Waals surface area contributed by atoms with E-state index in [1.54, 1.807) is 6.07 Å². The normalized spacial score (nSPS) is 11.2. The molecule has 0 aliphatic heterocycles. The lowest BCUT2D eigenvalue weighted by Crippen LogP contribution is -2.13. The molecule has 3 aromatic rings. The van der Waals surface area contributed by atoms with Gasteiger partial charge in [0.1, 0.15) is 11.6 Å². The summed E-state index contributed by atoms with van der Waals surface area (Å²) in [5, 5.41) is 4.67. The number of benzene rings is 1. The molecule has 1 amide bonds. The van der Waals surface area contributed by atoms with E-state index in [4.69, 9.17) is 5.73 Å². The number of amides is 1. The van der Waals surface area contributed by atoms with Gasteiger partial charge >= 0.3 is 0 Å². The molecule has 0 bridgehead atoms. The number of carbonyl (C=O) groups is 1. The van der Waals surface area contributed by atoms with Crippen molar-refractivity contribution in [1.29, 1.82) is 0 Å². The molecule has 0 radical (unpaired) electrons. The number of rotatable bonds is 6. The van der Waals surface area contributed by atoms with Crippen LogP contribution in [-0.2, 0) is 0 Å². The summed E-state index contributed by atoms with van der Waals surface area (Å²) in [6, 6.07) is 4.47. The van der Waals surface area contributed by atoms with Gasteiger partial charge < -0.3 is 16.0 Å². The van der Waals surface area contributed by atoms with Gasteiger partial charge in [-0.05, 0) is 24.6 Å². The second-order valence-electron chi connectivity index (χ2n) is 5.58. The minimum atomic E-state index is -0.563. The summed E-state index contributed by atoms with van der Waals surface area (Å²) in [4.78, 5) is 19.1. The highest BCUT2D eigenvalue weighted by atomic mass is 19.1. The van der Waals surface area contributed by atoms with E-state index in [2.05, 4.69) is 22.2 Å². The first-order chi connectivity index (χ1) is 11.1. The van der Waals surface area contributed by atoms with Gasteiger partial charge in [-0.2, -0.15) is 0 Å². The van der Waals surface area contributed by atoms with Crippen molar-refractivity contribution in [1.82, 2.24) is 9.97 Å². The number of hydrogen-bond donors (Lipinski definition) is 3. The fourth-order valence-electron chi connectivity index (χ4n) is 2.77. The maximum atomic E-state index is 13.6. The molecule has 0 unspecified atom stereocenters. The van der Waals surface area contributed by atoms with Crippen LogP contribution < -0.4 is 11.1 Å². The topological polar surface area (TPSA) is 83.8 Å². The van der Waals surface area contributed by atoms with Gasteiger partial charge in [-0.3, -0.25) is 4.79 Å². The largest absolute Gasteiger partial charge is 0.369 e. The molecule has 4 N–H and O–H groups in total. The lowest BCUT2D eigenvalue weighted by molar-refractivity contribution is 0.100. The zero-order chi connectivity index (χ0) is 16.4. The lowest BCUT2D eigenvalue weighted by atomic mass is 10.1. The van der Waals surface area contributed by atoms with Crippen LogP contribution in [-0.4, -0.2) is 22.4 Å². The molecule has 0 saturated carbocycles. The number of primary amides is 1. The fourth-order valence-corrected chi connectivity index (χ4v) is 2.77. The summed E-state index contributed by atoms with van der Waals surface area (Å²) in [5.41, 5.74) is 7.06. The third-order valence-electron chi connectivity index (χ3n) is 3.93. The Hall–Kier alpha value is -2.63. The Morgan fingerprint density at radius 3 is 2.96 bits per heavy atom. The Morgan fingerprint density at radius 1 is 1.39 bits per heavy atom. The van der Waals surface area contributed by atoms with Crippen LogP contribution in [0.3, 0.4) is 0 Å². The first kappa shape index (κ1) is 15.3. The average Bonchev–Trinajstić information content (AvgIpc) is 2.90. The number of pyridine rings is 1. The van der Waals surface area contributed by atoms with Crippen LogP contribution in [0.4, 0.5) is 10.2 Å². The number of nitrogens with zero attached hydrogens (tertiary/aromatic N) is 1. The number of fused-ring (bicyclic) bond motifs is 3. The predicted octanol–water partition coefficient (Wildman–Crippen LogP) is 3.56. The molecule has 0 aliphatic carbocycles. The minimum absolute atomic E-state index is 0.302. The molecular formula is C17H19FN4O. The molecule has 0 spiro atoms. The number of carbonyl (C=O) groups excluding carboxylic acids is 1. The van der Waals surface area contributed by atoms with E-state index in [9.17, 15) is 9.18 Å². The van der Waals surface area contributed by atoms with Gasteiger partial charge in [0.05, 0.1) is 16.5 Å². The number of aromatic nitrogens is 2. The van der Waals surface area contributed by atoms with E-state index in [0.29, 0.717) is 27.7 Å². The molecule has 6 heteroatoms. The van der Waals surface area contributed by atoms with E-state index >= 15 is 0 Å². The summed E-state index contributed by atoms with van der Waals surface area (Å²) in [6.45, 7) is 2.91. The van der Waals surface area contributed by atoms with Crippen molar-refractivity contribution in [2.75, 3.05) is 11.9 Å². The van der Waals surface area contributed by atoms with Crippen LogP contribution in [0.5, 0.6) is 0 Å². The van der Waals surface area contributed by atoms with E-state index in [0.717, 1.165) is 31.3 Å². The molecule has 120 valence electrons. The monoisotopic (exact) mass is 314 g/mol. The van der Waals surface area contributed by atoms with E-state index in [1.165, 1.54) is 18.3 Å². The summed E-state index contributed by atoms with van der Waals surface area (Å²) < 4.78 is 13.6. The number of anilines is 1. The van der Waals surface area contributed by atoms with Crippen LogP contribution in [0.15, 0.2) is 24.4 Å². The first-order valence-electron chi connectivity index (χ1n) is 7.75. The van der Waals surface area contributed by atoms with Gasteiger partial charge in [-0.15, -0.1) is 0 Å². The molecule has 23 heavy (non-hydrogen) atoms. The number of unbranched alkanes of at least 4 members (excludes halogenated alkanes) is 2. The highest BCUT2D eigenvalue weighted by Gasteiger charge is 2.16. The first-order valence-corrected chi connectivity index (χ1v) is 7.75. The third kappa shape index (κ3) is 2.84. The predicted molar refractivity (Wildman–Crippen MR) is 90.1 cm³/mol. The van der Waals surface area contributed by atoms with Gasteiger partial charge in [-0.25, -0.2) is 9.37 Å². The van der Waals surface area contributed by atoms with Crippen molar-refractivity contribution in [3.63, 3.8) is 0 Å². The minimum Gasteiger partial charge on any atom is -0.369 e. The molecule has 0 atom stereocenters. The summed E-state index contributed by atoms with van der Waals surface area (Å²) in [5.74, 6) is -0.259.